The number of piperidine rings is 1. The van der Waals surface area contributed by atoms with Crippen molar-refractivity contribution in [3.63, 3.8) is 0 Å². The zero-order valence-corrected chi connectivity index (χ0v) is 16.3. The van der Waals surface area contributed by atoms with Gasteiger partial charge in [0.15, 0.2) is 0 Å². The minimum atomic E-state index is -0.305. The van der Waals surface area contributed by atoms with Gasteiger partial charge in [-0.2, -0.15) is 5.10 Å². The maximum atomic E-state index is 13.1. The monoisotopic (exact) mass is 400 g/mol. The fourth-order valence-corrected chi connectivity index (χ4v) is 3.93. The summed E-state index contributed by atoms with van der Waals surface area (Å²) in [7, 11) is 0. The van der Waals surface area contributed by atoms with Gasteiger partial charge < -0.3 is 14.5 Å². The first-order chi connectivity index (χ1) is 14.1. The lowest BCUT2D eigenvalue weighted by molar-refractivity contribution is -0.131. The van der Waals surface area contributed by atoms with Crippen molar-refractivity contribution < 1.29 is 18.7 Å². The second-order valence-electron chi connectivity index (χ2n) is 7.60. The number of morpholine rings is 1. The highest BCUT2D eigenvalue weighted by molar-refractivity contribution is 5.92. The normalized spacial score (nSPS) is 20.0. The van der Waals surface area contributed by atoms with Gasteiger partial charge in [0, 0.05) is 37.8 Å². The number of carbonyl (C=O) groups excluding carboxylic acids is 2. The number of halogens is 1. The summed E-state index contributed by atoms with van der Waals surface area (Å²) in [6.45, 7) is 3.57. The van der Waals surface area contributed by atoms with Crippen LogP contribution in [0.5, 0.6) is 0 Å². The van der Waals surface area contributed by atoms with Crippen LogP contribution in [0.25, 0.3) is 0 Å². The molecule has 2 amide bonds. The molecule has 0 spiro atoms. The van der Waals surface area contributed by atoms with Crippen LogP contribution in [0, 0.1) is 5.82 Å². The van der Waals surface area contributed by atoms with E-state index in [9.17, 15) is 14.0 Å². The number of amides is 2. The molecule has 2 aromatic rings. The number of carbonyl (C=O) groups is 2. The van der Waals surface area contributed by atoms with Crippen molar-refractivity contribution in [3.8, 4) is 0 Å². The van der Waals surface area contributed by atoms with Gasteiger partial charge in [-0.3, -0.25) is 14.7 Å². The minimum absolute atomic E-state index is 0.0328. The number of H-pyrrole nitrogens is 1. The molecule has 2 aliphatic heterocycles. The molecule has 3 heterocycles. The molecule has 1 atom stereocenters. The highest BCUT2D eigenvalue weighted by Gasteiger charge is 2.28. The number of nitrogens with zero attached hydrogens (tertiary/aromatic N) is 3. The number of rotatable bonds is 4. The maximum absolute atomic E-state index is 13.1. The number of aromatic nitrogens is 2. The number of nitrogens with one attached hydrogen (secondary N) is 1. The lowest BCUT2D eigenvalue weighted by atomic mass is 9.94. The Morgan fingerprint density at radius 1 is 1.14 bits per heavy atom. The standard InChI is InChI=1S/C21H25FN4O3/c22-17-5-3-15(4-6-17)12-20(27)26-7-1-2-16(14-26)18-13-19(24-23-18)21(28)25-8-10-29-11-9-25/h3-6,13,16H,1-2,7-12,14H2,(H,23,24)/t16-/m0/s1. The van der Waals surface area contributed by atoms with E-state index in [0.717, 1.165) is 24.1 Å². The Balaban J connectivity index is 1.38. The van der Waals surface area contributed by atoms with Gasteiger partial charge in [-0.25, -0.2) is 4.39 Å². The van der Waals surface area contributed by atoms with Gasteiger partial charge in [0.2, 0.25) is 5.91 Å². The van der Waals surface area contributed by atoms with Crippen molar-refractivity contribution >= 4 is 11.8 Å². The van der Waals surface area contributed by atoms with Gasteiger partial charge in [-0.1, -0.05) is 12.1 Å². The molecule has 8 heteroatoms. The Morgan fingerprint density at radius 3 is 2.66 bits per heavy atom. The third kappa shape index (κ3) is 4.64. The summed E-state index contributed by atoms with van der Waals surface area (Å²) in [5, 5.41) is 7.22. The van der Waals surface area contributed by atoms with E-state index in [0.29, 0.717) is 45.1 Å². The molecule has 0 radical (unpaired) electrons. The van der Waals surface area contributed by atoms with Crippen LogP contribution in [0.4, 0.5) is 4.39 Å². The summed E-state index contributed by atoms with van der Waals surface area (Å²) < 4.78 is 18.3. The summed E-state index contributed by atoms with van der Waals surface area (Å²) in [5.74, 6) is -0.234. The third-order valence-corrected chi connectivity index (χ3v) is 5.60. The predicted octanol–water partition coefficient (Wildman–Crippen LogP) is 1.97. The minimum Gasteiger partial charge on any atom is -0.378 e. The quantitative estimate of drug-likeness (QED) is 0.851. The molecular weight excluding hydrogens is 375 g/mol. The first-order valence-corrected chi connectivity index (χ1v) is 10.0. The Kier molecular flexibility index (Phi) is 5.89. The predicted molar refractivity (Wildman–Crippen MR) is 104 cm³/mol. The molecule has 7 nitrogen and oxygen atoms in total. The summed E-state index contributed by atoms with van der Waals surface area (Å²) >= 11 is 0. The van der Waals surface area contributed by atoms with E-state index in [1.54, 1.807) is 17.0 Å². The lowest BCUT2D eigenvalue weighted by Gasteiger charge is -2.32. The molecule has 2 saturated heterocycles. The van der Waals surface area contributed by atoms with Crippen molar-refractivity contribution in [2.75, 3.05) is 39.4 Å². The second-order valence-corrected chi connectivity index (χ2v) is 7.60. The third-order valence-electron chi connectivity index (χ3n) is 5.60. The smallest absolute Gasteiger partial charge is 0.274 e. The van der Waals surface area contributed by atoms with Crippen LogP contribution >= 0.6 is 0 Å². The first-order valence-electron chi connectivity index (χ1n) is 10.0. The Labute approximate surface area is 168 Å². The second kappa shape index (κ2) is 8.73. The lowest BCUT2D eigenvalue weighted by Crippen LogP contribution is -2.40. The number of likely N-dealkylation sites (tertiary alicyclic amines) is 1. The summed E-state index contributed by atoms with van der Waals surface area (Å²) in [4.78, 5) is 28.9. The molecule has 29 heavy (non-hydrogen) atoms. The maximum Gasteiger partial charge on any atom is 0.274 e. The Morgan fingerprint density at radius 2 is 1.90 bits per heavy atom. The van der Waals surface area contributed by atoms with Crippen molar-refractivity contribution in [1.29, 1.82) is 0 Å². The van der Waals surface area contributed by atoms with Crippen LogP contribution in [-0.4, -0.2) is 71.2 Å². The molecule has 2 fully saturated rings. The Hall–Kier alpha value is -2.74. The van der Waals surface area contributed by atoms with Crippen molar-refractivity contribution in [2.24, 2.45) is 0 Å². The van der Waals surface area contributed by atoms with Crippen molar-refractivity contribution in [2.45, 2.75) is 25.2 Å². The van der Waals surface area contributed by atoms with Crippen LogP contribution in [0.2, 0.25) is 0 Å². The van der Waals surface area contributed by atoms with Gasteiger partial charge in [0.25, 0.3) is 5.91 Å². The molecule has 0 saturated carbocycles. The van der Waals surface area contributed by atoms with Gasteiger partial charge in [-0.05, 0) is 36.6 Å². The van der Waals surface area contributed by atoms with E-state index in [2.05, 4.69) is 10.2 Å². The van der Waals surface area contributed by atoms with E-state index in [1.165, 1.54) is 12.1 Å². The number of hydrogen-bond donors (Lipinski definition) is 1. The SMILES string of the molecule is O=C(Cc1ccc(F)cc1)N1CCC[C@H](c2cc(C(=O)N3CCOCC3)n[nH]2)C1. The fraction of sp³-hybridized carbons (Fsp3) is 0.476. The van der Waals surface area contributed by atoms with Gasteiger partial charge in [0.05, 0.1) is 19.6 Å². The molecule has 0 bridgehead atoms. The highest BCUT2D eigenvalue weighted by atomic mass is 19.1. The number of benzene rings is 1. The van der Waals surface area contributed by atoms with E-state index in [4.69, 9.17) is 4.74 Å². The molecule has 1 aromatic heterocycles. The molecule has 1 N–H and O–H groups in total. The van der Waals surface area contributed by atoms with Crippen molar-refractivity contribution in [3.05, 3.63) is 53.1 Å². The van der Waals surface area contributed by atoms with Gasteiger partial charge >= 0.3 is 0 Å². The molecule has 4 rings (SSSR count). The first kappa shape index (κ1) is 19.6. The number of hydrogen-bond acceptors (Lipinski definition) is 4. The van der Waals surface area contributed by atoms with Crippen LogP contribution in [0.15, 0.2) is 30.3 Å². The van der Waals surface area contributed by atoms with E-state index in [1.807, 2.05) is 11.0 Å². The zero-order chi connectivity index (χ0) is 20.2. The largest absolute Gasteiger partial charge is 0.378 e. The fourth-order valence-electron chi connectivity index (χ4n) is 3.93. The summed E-state index contributed by atoms with van der Waals surface area (Å²) in [6, 6.07) is 7.86. The molecule has 2 aliphatic rings. The highest BCUT2D eigenvalue weighted by Crippen LogP contribution is 2.26. The molecular formula is C21H25FN4O3. The van der Waals surface area contributed by atoms with Gasteiger partial charge in [-0.15, -0.1) is 0 Å². The van der Waals surface area contributed by atoms with Crippen LogP contribution in [0.1, 0.15) is 40.5 Å². The average Bonchev–Trinajstić information content (AvgIpc) is 3.26. The topological polar surface area (TPSA) is 78.5 Å². The summed E-state index contributed by atoms with van der Waals surface area (Å²) in [6.07, 6.45) is 2.09. The number of aromatic amines is 1. The van der Waals surface area contributed by atoms with Crippen LogP contribution in [-0.2, 0) is 16.0 Å². The van der Waals surface area contributed by atoms with E-state index >= 15 is 0 Å². The molecule has 1 aromatic carbocycles. The van der Waals surface area contributed by atoms with Crippen molar-refractivity contribution in [1.82, 2.24) is 20.0 Å². The average molecular weight is 400 g/mol. The molecule has 0 unspecified atom stereocenters. The van der Waals surface area contributed by atoms with Crippen LogP contribution in [0.3, 0.4) is 0 Å². The van der Waals surface area contributed by atoms with E-state index in [-0.39, 0.29) is 30.0 Å². The summed E-state index contributed by atoms with van der Waals surface area (Å²) in [5.41, 5.74) is 2.11. The van der Waals surface area contributed by atoms with Gasteiger partial charge in [0.1, 0.15) is 11.5 Å². The molecule has 0 aliphatic carbocycles. The zero-order valence-electron chi connectivity index (χ0n) is 16.3. The Bertz CT molecular complexity index is 861. The van der Waals surface area contributed by atoms with E-state index < -0.39 is 0 Å². The number of ether oxygens (including phenoxy) is 1. The van der Waals surface area contributed by atoms with Crippen LogP contribution < -0.4 is 0 Å². The molecule has 154 valence electrons.